The highest BCUT2D eigenvalue weighted by Gasteiger charge is 2.41. The molecule has 2 aromatic carbocycles. The van der Waals surface area contributed by atoms with Gasteiger partial charge >= 0.3 is 6.03 Å². The van der Waals surface area contributed by atoms with Crippen LogP contribution in [0.1, 0.15) is 37.0 Å². The number of piperidine rings is 1. The minimum Gasteiger partial charge on any atom is -0.490 e. The lowest BCUT2D eigenvalue weighted by Crippen LogP contribution is -2.48. The van der Waals surface area contributed by atoms with Crippen LogP contribution in [0, 0.1) is 0 Å². The van der Waals surface area contributed by atoms with Crippen molar-refractivity contribution in [3.8, 4) is 11.5 Å². The molecule has 2 aliphatic heterocycles. The second-order valence-electron chi connectivity index (χ2n) is 8.03. The van der Waals surface area contributed by atoms with Gasteiger partial charge in [0.2, 0.25) is 0 Å². The Hall–Kier alpha value is -3.55. The number of benzene rings is 2. The van der Waals surface area contributed by atoms with Gasteiger partial charge in [0.05, 0.1) is 18.9 Å². The molecule has 0 spiro atoms. The summed E-state index contributed by atoms with van der Waals surface area (Å²) in [4.78, 5) is 43.3. The zero-order valence-corrected chi connectivity index (χ0v) is 19.0. The summed E-state index contributed by atoms with van der Waals surface area (Å²) in [5, 5.41) is 0. The summed E-state index contributed by atoms with van der Waals surface area (Å²) in [6.07, 6.45) is 1.26. The number of carbonyl (C=O) groups is 3. The molecule has 2 heterocycles. The van der Waals surface area contributed by atoms with Crippen molar-refractivity contribution < 1.29 is 23.9 Å². The van der Waals surface area contributed by atoms with Gasteiger partial charge in [0.25, 0.3) is 11.8 Å². The van der Waals surface area contributed by atoms with Crippen LogP contribution in [0.5, 0.6) is 11.5 Å². The molecular formula is C25H29N3O5. The van der Waals surface area contributed by atoms with Crippen molar-refractivity contribution in [3.05, 3.63) is 54.1 Å². The number of imide groups is 1. The van der Waals surface area contributed by atoms with Crippen LogP contribution in [0.15, 0.2) is 48.5 Å². The average Bonchev–Trinajstić information content (AvgIpc) is 3.14. The molecule has 0 atom stereocenters. The smallest absolute Gasteiger partial charge is 0.332 e. The van der Waals surface area contributed by atoms with Crippen LogP contribution < -0.4 is 14.4 Å². The van der Waals surface area contributed by atoms with Crippen molar-refractivity contribution in [1.82, 2.24) is 9.80 Å². The SMILES string of the molecule is CCOc1ccc(C(=O)N2CCC(N3CC(=O)N(c4ccccc4)C3=O)CC2)cc1OCC. The molecule has 33 heavy (non-hydrogen) atoms. The minimum absolute atomic E-state index is 0.0708. The van der Waals surface area contributed by atoms with Crippen molar-refractivity contribution in [1.29, 1.82) is 0 Å². The third-order valence-corrected chi connectivity index (χ3v) is 5.99. The second kappa shape index (κ2) is 9.94. The second-order valence-corrected chi connectivity index (χ2v) is 8.03. The molecule has 4 amide bonds. The molecule has 174 valence electrons. The number of rotatable bonds is 7. The van der Waals surface area contributed by atoms with Gasteiger partial charge in [-0.3, -0.25) is 9.59 Å². The van der Waals surface area contributed by atoms with E-state index in [4.69, 9.17) is 9.47 Å². The van der Waals surface area contributed by atoms with Gasteiger partial charge in [0.15, 0.2) is 11.5 Å². The summed E-state index contributed by atoms with van der Waals surface area (Å²) in [5.41, 5.74) is 1.13. The third-order valence-electron chi connectivity index (χ3n) is 5.99. The Morgan fingerprint density at radius 2 is 1.61 bits per heavy atom. The largest absolute Gasteiger partial charge is 0.490 e. The Labute approximate surface area is 193 Å². The molecule has 4 rings (SSSR count). The molecule has 8 nitrogen and oxygen atoms in total. The predicted molar refractivity (Wildman–Crippen MR) is 124 cm³/mol. The summed E-state index contributed by atoms with van der Waals surface area (Å²) in [7, 11) is 0. The maximum absolute atomic E-state index is 13.1. The highest BCUT2D eigenvalue weighted by atomic mass is 16.5. The van der Waals surface area contributed by atoms with E-state index in [0.29, 0.717) is 61.9 Å². The topological polar surface area (TPSA) is 79.4 Å². The Morgan fingerprint density at radius 1 is 0.939 bits per heavy atom. The van der Waals surface area contributed by atoms with E-state index < -0.39 is 0 Å². The van der Waals surface area contributed by atoms with E-state index in [2.05, 4.69) is 0 Å². The Bertz CT molecular complexity index is 1020. The highest BCUT2D eigenvalue weighted by molar-refractivity contribution is 6.19. The first kappa shape index (κ1) is 22.6. The summed E-state index contributed by atoms with van der Waals surface area (Å²) in [6.45, 7) is 5.89. The van der Waals surface area contributed by atoms with Crippen molar-refractivity contribution in [2.75, 3.05) is 37.7 Å². The molecule has 0 N–H and O–H groups in total. The van der Waals surface area contributed by atoms with Crippen molar-refractivity contribution in [3.63, 3.8) is 0 Å². The van der Waals surface area contributed by atoms with Gasteiger partial charge in [-0.25, -0.2) is 9.69 Å². The summed E-state index contributed by atoms with van der Waals surface area (Å²) in [5.74, 6) is 0.881. The van der Waals surface area contributed by atoms with E-state index in [1.54, 1.807) is 52.3 Å². The molecule has 0 bridgehead atoms. The van der Waals surface area contributed by atoms with Crippen LogP contribution >= 0.6 is 0 Å². The molecule has 0 aliphatic carbocycles. The fourth-order valence-electron chi connectivity index (χ4n) is 4.38. The van der Waals surface area contributed by atoms with E-state index in [0.717, 1.165) is 0 Å². The lowest BCUT2D eigenvalue weighted by molar-refractivity contribution is -0.116. The maximum Gasteiger partial charge on any atom is 0.332 e. The number of ether oxygens (including phenoxy) is 2. The van der Waals surface area contributed by atoms with Crippen molar-refractivity contribution >= 4 is 23.5 Å². The summed E-state index contributed by atoms with van der Waals surface area (Å²) < 4.78 is 11.2. The van der Waals surface area contributed by atoms with Crippen molar-refractivity contribution in [2.24, 2.45) is 0 Å². The van der Waals surface area contributed by atoms with Crippen LogP contribution in [-0.2, 0) is 4.79 Å². The molecule has 0 aromatic heterocycles. The lowest BCUT2D eigenvalue weighted by Gasteiger charge is -2.36. The number of hydrogen-bond acceptors (Lipinski definition) is 5. The fraction of sp³-hybridized carbons (Fsp3) is 0.400. The Kier molecular flexibility index (Phi) is 6.82. The molecule has 0 unspecified atom stereocenters. The third kappa shape index (κ3) is 4.65. The van der Waals surface area contributed by atoms with E-state index in [-0.39, 0.29) is 30.4 Å². The number of para-hydroxylation sites is 1. The summed E-state index contributed by atoms with van der Waals surface area (Å²) >= 11 is 0. The predicted octanol–water partition coefficient (Wildman–Crippen LogP) is 3.56. The number of urea groups is 1. The standard InChI is InChI=1S/C25H29N3O5/c1-3-32-21-11-10-18(16-22(21)33-4-2)24(30)26-14-12-19(13-15-26)27-17-23(29)28(25(27)31)20-8-6-5-7-9-20/h5-11,16,19H,3-4,12-15,17H2,1-2H3. The van der Waals surface area contributed by atoms with Crippen LogP contribution in [0.2, 0.25) is 0 Å². The molecular weight excluding hydrogens is 422 g/mol. The molecule has 0 saturated carbocycles. The van der Waals surface area contributed by atoms with E-state index in [1.165, 1.54) is 4.90 Å². The Morgan fingerprint density at radius 3 is 2.27 bits per heavy atom. The van der Waals surface area contributed by atoms with Gasteiger partial charge < -0.3 is 19.3 Å². The van der Waals surface area contributed by atoms with E-state index >= 15 is 0 Å². The number of carbonyl (C=O) groups excluding carboxylic acids is 3. The van der Waals surface area contributed by atoms with Crippen molar-refractivity contribution in [2.45, 2.75) is 32.7 Å². The molecule has 2 saturated heterocycles. The lowest BCUT2D eigenvalue weighted by atomic mass is 10.0. The quantitative estimate of drug-likeness (QED) is 0.602. The normalized spacial score (nSPS) is 17.0. The van der Waals surface area contributed by atoms with Gasteiger partial charge in [-0.2, -0.15) is 0 Å². The highest BCUT2D eigenvalue weighted by Crippen LogP contribution is 2.30. The first-order valence-corrected chi connectivity index (χ1v) is 11.4. The van der Waals surface area contributed by atoms with E-state index in [1.807, 2.05) is 19.9 Å². The minimum atomic E-state index is -0.288. The first-order valence-electron chi connectivity index (χ1n) is 11.4. The van der Waals surface area contributed by atoms with Gasteiger partial charge in [-0.15, -0.1) is 0 Å². The molecule has 2 fully saturated rings. The zero-order chi connectivity index (χ0) is 23.4. The molecule has 2 aliphatic rings. The van der Waals surface area contributed by atoms with Gasteiger partial charge in [-0.05, 0) is 57.0 Å². The molecule has 2 aromatic rings. The zero-order valence-electron chi connectivity index (χ0n) is 19.0. The van der Waals surface area contributed by atoms with Crippen LogP contribution in [-0.4, -0.2) is 66.5 Å². The fourth-order valence-corrected chi connectivity index (χ4v) is 4.38. The average molecular weight is 452 g/mol. The van der Waals surface area contributed by atoms with Gasteiger partial charge in [-0.1, -0.05) is 18.2 Å². The number of nitrogens with zero attached hydrogens (tertiary/aromatic N) is 3. The number of likely N-dealkylation sites (tertiary alicyclic amines) is 1. The molecule has 0 radical (unpaired) electrons. The van der Waals surface area contributed by atoms with Crippen LogP contribution in [0.3, 0.4) is 0 Å². The Balaban J connectivity index is 1.40. The van der Waals surface area contributed by atoms with Gasteiger partial charge in [0.1, 0.15) is 6.54 Å². The number of anilines is 1. The molecule has 8 heteroatoms. The summed E-state index contributed by atoms with van der Waals surface area (Å²) in [6, 6.07) is 13.9. The monoisotopic (exact) mass is 451 g/mol. The van der Waals surface area contributed by atoms with E-state index in [9.17, 15) is 14.4 Å². The first-order chi connectivity index (χ1) is 16.0. The van der Waals surface area contributed by atoms with Crippen LogP contribution in [0.4, 0.5) is 10.5 Å². The number of amides is 4. The van der Waals surface area contributed by atoms with Crippen LogP contribution in [0.25, 0.3) is 0 Å². The number of hydrogen-bond donors (Lipinski definition) is 0. The maximum atomic E-state index is 13.1. The van der Waals surface area contributed by atoms with Gasteiger partial charge in [0, 0.05) is 24.7 Å².